The summed E-state index contributed by atoms with van der Waals surface area (Å²) in [5.41, 5.74) is 8.16. The molecule has 0 fully saturated rings. The number of para-hydroxylation sites is 4. The molecule has 50 heavy (non-hydrogen) atoms. The first-order chi connectivity index (χ1) is 24.6. The number of hydrogen-bond donors (Lipinski definition) is 0. The first-order valence-electron chi connectivity index (χ1n) is 16.3. The summed E-state index contributed by atoms with van der Waals surface area (Å²) in [6.45, 7) is 0. The Morgan fingerprint density at radius 2 is 0.640 bits per heavy atom. The third kappa shape index (κ3) is 5.30. The minimum Gasteiger partial charge on any atom is -0.308 e. The summed E-state index contributed by atoms with van der Waals surface area (Å²) < 4.78 is 0. The van der Waals surface area contributed by atoms with E-state index in [2.05, 4.69) is 58.3 Å². The molecule has 6 heteroatoms. The maximum atomic E-state index is 14.0. The molecule has 0 N–H and O–H groups in total. The highest BCUT2D eigenvalue weighted by atomic mass is 32.2. The number of carbonyl (C=O) groups is 2. The molecular formula is C44H28N2O2S2. The largest absolute Gasteiger partial charge is 0.308 e. The third-order valence-corrected chi connectivity index (χ3v) is 11.2. The number of ketones is 2. The second kappa shape index (κ2) is 12.6. The lowest BCUT2D eigenvalue weighted by molar-refractivity contribution is 0.103. The van der Waals surface area contributed by atoms with Gasteiger partial charge < -0.3 is 9.80 Å². The van der Waals surface area contributed by atoms with Crippen molar-refractivity contribution in [3.8, 4) is 0 Å². The zero-order chi connectivity index (χ0) is 33.6. The molecule has 7 aromatic carbocycles. The number of benzene rings is 7. The van der Waals surface area contributed by atoms with Gasteiger partial charge in [0, 0.05) is 53.2 Å². The summed E-state index contributed by atoms with van der Waals surface area (Å²) >= 11 is 3.50. The van der Waals surface area contributed by atoms with Gasteiger partial charge in [0.2, 0.25) is 0 Å². The lowest BCUT2D eigenvalue weighted by atomic mass is 9.96. The van der Waals surface area contributed by atoms with Crippen LogP contribution in [0, 0.1) is 0 Å². The van der Waals surface area contributed by atoms with Gasteiger partial charge in [0.05, 0.1) is 22.7 Å². The van der Waals surface area contributed by atoms with E-state index in [9.17, 15) is 9.59 Å². The summed E-state index contributed by atoms with van der Waals surface area (Å²) in [5, 5.41) is 0. The van der Waals surface area contributed by atoms with E-state index in [1.807, 2.05) is 97.1 Å². The van der Waals surface area contributed by atoms with Crippen molar-refractivity contribution in [3.05, 3.63) is 192 Å². The third-order valence-electron chi connectivity index (χ3n) is 8.98. The van der Waals surface area contributed by atoms with E-state index in [1.165, 1.54) is 0 Å². The van der Waals surface area contributed by atoms with Gasteiger partial charge in [-0.25, -0.2) is 0 Å². The van der Waals surface area contributed by atoms with E-state index >= 15 is 0 Å². The molecule has 0 saturated carbocycles. The van der Waals surface area contributed by atoms with E-state index in [0.29, 0.717) is 22.3 Å². The predicted octanol–water partition coefficient (Wildman–Crippen LogP) is 12.0. The quantitative estimate of drug-likeness (QED) is 0.163. The SMILES string of the molecule is O=C(c1cccc(C(=O)c2cccc(N3c4ccccc4Sc4ccccc43)c2)c1)c1cccc(N2c3ccccc3Sc3ccccc32)c1. The summed E-state index contributed by atoms with van der Waals surface area (Å²) in [5.74, 6) is -0.274. The van der Waals surface area contributed by atoms with Crippen molar-refractivity contribution in [1.82, 2.24) is 0 Å². The minimum atomic E-state index is -0.137. The zero-order valence-electron chi connectivity index (χ0n) is 26.7. The Balaban J connectivity index is 1.03. The van der Waals surface area contributed by atoms with Crippen LogP contribution in [-0.2, 0) is 0 Å². The molecule has 2 aliphatic rings. The standard InChI is InChI=1S/C44H28N2O2S2/c47-43(31-14-10-16-33(27-31)45-35-18-1-5-22-39(35)49-40-23-6-2-19-36(40)45)29-12-9-13-30(26-29)44(48)32-15-11-17-34(28-32)46-37-20-3-7-24-41(37)50-42-25-8-4-21-38(42)46/h1-28H. The van der Waals surface area contributed by atoms with Crippen LogP contribution in [0.5, 0.6) is 0 Å². The van der Waals surface area contributed by atoms with E-state index in [1.54, 1.807) is 47.8 Å². The molecule has 0 spiro atoms. The van der Waals surface area contributed by atoms with Crippen LogP contribution >= 0.6 is 23.5 Å². The summed E-state index contributed by atoms with van der Waals surface area (Å²) in [6, 6.07) is 55.8. The Labute approximate surface area is 299 Å². The number of fused-ring (bicyclic) bond motifs is 4. The number of hydrogen-bond acceptors (Lipinski definition) is 6. The van der Waals surface area contributed by atoms with Crippen molar-refractivity contribution in [3.63, 3.8) is 0 Å². The number of rotatable bonds is 6. The van der Waals surface area contributed by atoms with Crippen LogP contribution in [0.15, 0.2) is 189 Å². The highest BCUT2D eigenvalue weighted by Crippen LogP contribution is 2.52. The molecule has 4 nitrogen and oxygen atoms in total. The van der Waals surface area contributed by atoms with Crippen LogP contribution in [0.2, 0.25) is 0 Å². The van der Waals surface area contributed by atoms with Gasteiger partial charge in [-0.2, -0.15) is 0 Å². The van der Waals surface area contributed by atoms with Crippen LogP contribution < -0.4 is 9.80 Å². The van der Waals surface area contributed by atoms with Crippen molar-refractivity contribution in [2.75, 3.05) is 9.80 Å². The Morgan fingerprint density at radius 3 is 1.00 bits per heavy atom. The second-order valence-electron chi connectivity index (χ2n) is 12.1. The molecule has 9 rings (SSSR count). The fraction of sp³-hybridized carbons (Fsp3) is 0. The average Bonchev–Trinajstić information content (AvgIpc) is 3.18. The average molecular weight is 681 g/mol. The van der Waals surface area contributed by atoms with Crippen molar-refractivity contribution in [1.29, 1.82) is 0 Å². The van der Waals surface area contributed by atoms with Crippen molar-refractivity contribution in [2.45, 2.75) is 19.6 Å². The van der Waals surface area contributed by atoms with E-state index < -0.39 is 0 Å². The molecule has 0 aliphatic carbocycles. The maximum absolute atomic E-state index is 14.0. The molecule has 0 saturated heterocycles. The first kappa shape index (κ1) is 30.3. The second-order valence-corrected chi connectivity index (χ2v) is 14.3. The van der Waals surface area contributed by atoms with Gasteiger partial charge >= 0.3 is 0 Å². The predicted molar refractivity (Wildman–Crippen MR) is 204 cm³/mol. The van der Waals surface area contributed by atoms with Gasteiger partial charge in [-0.15, -0.1) is 0 Å². The lowest BCUT2D eigenvalue weighted by Crippen LogP contribution is -2.15. The Kier molecular flexibility index (Phi) is 7.61. The Bertz CT molecular complexity index is 2220. The van der Waals surface area contributed by atoms with Crippen molar-refractivity contribution < 1.29 is 9.59 Å². The molecule has 2 heterocycles. The molecule has 0 radical (unpaired) electrons. The molecule has 0 atom stereocenters. The van der Waals surface area contributed by atoms with E-state index in [0.717, 1.165) is 53.7 Å². The normalized spacial score (nSPS) is 12.7. The van der Waals surface area contributed by atoms with Gasteiger partial charge in [0.15, 0.2) is 11.6 Å². The molecule has 0 amide bonds. The van der Waals surface area contributed by atoms with Gasteiger partial charge in [0.25, 0.3) is 0 Å². The highest BCUT2D eigenvalue weighted by Gasteiger charge is 2.27. The molecule has 7 aromatic rings. The summed E-state index contributed by atoms with van der Waals surface area (Å²) in [6.07, 6.45) is 0. The van der Waals surface area contributed by atoms with Crippen LogP contribution in [-0.4, -0.2) is 11.6 Å². The number of nitrogens with zero attached hydrogens (tertiary/aromatic N) is 2. The van der Waals surface area contributed by atoms with Gasteiger partial charge in [-0.3, -0.25) is 9.59 Å². The minimum absolute atomic E-state index is 0.137. The summed E-state index contributed by atoms with van der Waals surface area (Å²) in [7, 11) is 0. The molecule has 0 aromatic heterocycles. The van der Waals surface area contributed by atoms with Crippen LogP contribution in [0.25, 0.3) is 0 Å². The molecule has 0 unspecified atom stereocenters. The summed E-state index contributed by atoms with van der Waals surface area (Å²) in [4.78, 5) is 37.1. The molecule has 238 valence electrons. The van der Waals surface area contributed by atoms with E-state index in [-0.39, 0.29) is 11.6 Å². The van der Waals surface area contributed by atoms with E-state index in [4.69, 9.17) is 0 Å². The fourth-order valence-electron chi connectivity index (χ4n) is 6.67. The van der Waals surface area contributed by atoms with Crippen molar-refractivity contribution >= 4 is 69.2 Å². The highest BCUT2D eigenvalue weighted by molar-refractivity contribution is 8.00. The molecular weight excluding hydrogens is 653 g/mol. The topological polar surface area (TPSA) is 40.6 Å². The monoisotopic (exact) mass is 680 g/mol. The fourth-order valence-corrected chi connectivity index (χ4v) is 8.79. The Hall–Kier alpha value is -5.82. The number of anilines is 6. The Morgan fingerprint density at radius 1 is 0.340 bits per heavy atom. The van der Waals surface area contributed by atoms with Crippen molar-refractivity contribution in [2.24, 2.45) is 0 Å². The zero-order valence-corrected chi connectivity index (χ0v) is 28.3. The van der Waals surface area contributed by atoms with Gasteiger partial charge in [-0.1, -0.05) is 115 Å². The van der Waals surface area contributed by atoms with Crippen LogP contribution in [0.3, 0.4) is 0 Å². The van der Waals surface area contributed by atoms with Gasteiger partial charge in [-0.05, 0) is 78.9 Å². The lowest BCUT2D eigenvalue weighted by Gasteiger charge is -2.33. The molecule has 2 aliphatic heterocycles. The molecule has 0 bridgehead atoms. The van der Waals surface area contributed by atoms with Gasteiger partial charge in [0.1, 0.15) is 0 Å². The maximum Gasteiger partial charge on any atom is 0.193 e. The van der Waals surface area contributed by atoms with Crippen LogP contribution in [0.1, 0.15) is 31.8 Å². The van der Waals surface area contributed by atoms with Crippen LogP contribution in [0.4, 0.5) is 34.1 Å². The first-order valence-corrected chi connectivity index (χ1v) is 18.0. The number of carbonyl (C=O) groups excluding carboxylic acids is 2. The smallest absolute Gasteiger partial charge is 0.193 e.